The van der Waals surface area contributed by atoms with Gasteiger partial charge in [0.2, 0.25) is 10.0 Å². The summed E-state index contributed by atoms with van der Waals surface area (Å²) in [7, 11) is -1.83. The molecule has 5 nitrogen and oxygen atoms in total. The smallest absolute Gasteiger partial charge is 0.302 e. The van der Waals surface area contributed by atoms with E-state index in [2.05, 4.69) is 20.7 Å². The average Bonchev–Trinajstić information content (AvgIpc) is 2.72. The highest BCUT2D eigenvalue weighted by Crippen LogP contribution is 2.23. The molecule has 2 aromatic carbocycles. The van der Waals surface area contributed by atoms with E-state index in [1.165, 1.54) is 0 Å². The minimum atomic E-state index is -3.53. The summed E-state index contributed by atoms with van der Waals surface area (Å²) in [5, 5.41) is 0. The highest BCUT2D eigenvalue weighted by Gasteiger charge is 2.13. The van der Waals surface area contributed by atoms with Gasteiger partial charge in [-0.2, -0.15) is 0 Å². The molecule has 0 amide bonds. The van der Waals surface area contributed by atoms with Crippen molar-refractivity contribution in [2.45, 2.75) is 5.75 Å². The van der Waals surface area contributed by atoms with Gasteiger partial charge in [-0.3, -0.25) is 9.52 Å². The topological polar surface area (TPSA) is 68.2 Å². The van der Waals surface area contributed by atoms with Gasteiger partial charge in [0.05, 0.1) is 21.7 Å². The van der Waals surface area contributed by atoms with Gasteiger partial charge in [0, 0.05) is 11.5 Å². The Bertz CT molecular complexity index is 1040. The summed E-state index contributed by atoms with van der Waals surface area (Å²) in [6.07, 6.45) is 0. The molecule has 0 radical (unpaired) electrons. The molecule has 8 heteroatoms. The van der Waals surface area contributed by atoms with Gasteiger partial charge >= 0.3 is 4.87 Å². The van der Waals surface area contributed by atoms with Gasteiger partial charge in [-0.05, 0) is 35.9 Å². The lowest BCUT2D eigenvalue weighted by atomic mass is 10.2. The van der Waals surface area contributed by atoms with E-state index >= 15 is 0 Å². The van der Waals surface area contributed by atoms with Gasteiger partial charge in [0.1, 0.15) is 0 Å². The molecule has 0 aliphatic heterocycles. The van der Waals surface area contributed by atoms with Crippen molar-refractivity contribution < 1.29 is 8.42 Å². The highest BCUT2D eigenvalue weighted by molar-refractivity contribution is 9.10. The summed E-state index contributed by atoms with van der Waals surface area (Å²) >= 11 is 4.42. The van der Waals surface area contributed by atoms with Crippen LogP contribution in [0.1, 0.15) is 5.56 Å². The van der Waals surface area contributed by atoms with Crippen molar-refractivity contribution in [2.24, 2.45) is 7.05 Å². The largest absolute Gasteiger partial charge is 0.307 e. The molecule has 1 N–H and O–H groups in total. The number of sulfonamides is 1. The number of nitrogens with one attached hydrogen (secondary N) is 1. The zero-order chi connectivity index (χ0) is 16.6. The minimum Gasteiger partial charge on any atom is -0.302 e. The molecule has 23 heavy (non-hydrogen) atoms. The fourth-order valence-corrected chi connectivity index (χ4v) is 4.80. The van der Waals surface area contributed by atoms with Crippen LogP contribution in [0.2, 0.25) is 0 Å². The van der Waals surface area contributed by atoms with Crippen LogP contribution in [0.4, 0.5) is 5.69 Å². The quantitative estimate of drug-likeness (QED) is 0.714. The van der Waals surface area contributed by atoms with E-state index in [-0.39, 0.29) is 10.6 Å². The van der Waals surface area contributed by atoms with Crippen molar-refractivity contribution in [3.8, 4) is 0 Å². The number of aryl methyl sites for hydroxylation is 1. The van der Waals surface area contributed by atoms with Crippen LogP contribution in [0.3, 0.4) is 0 Å². The summed E-state index contributed by atoms with van der Waals surface area (Å²) in [4.78, 5) is 11.6. The average molecular weight is 413 g/mol. The lowest BCUT2D eigenvalue weighted by molar-refractivity contribution is 0.600. The van der Waals surface area contributed by atoms with Gasteiger partial charge in [0.25, 0.3) is 0 Å². The fraction of sp³-hybridized carbons (Fsp3) is 0.133. The first-order valence-electron chi connectivity index (χ1n) is 6.68. The van der Waals surface area contributed by atoms with Crippen molar-refractivity contribution in [3.63, 3.8) is 0 Å². The standard InChI is InChI=1S/C15H13BrN2O3S2/c1-18-13-6-5-12(8-14(13)22-15(18)19)17-23(20,21)9-10-3-2-4-11(16)7-10/h2-8,17H,9H2,1H3. The molecule has 1 heterocycles. The maximum Gasteiger partial charge on any atom is 0.307 e. The minimum absolute atomic E-state index is 0.0749. The van der Waals surface area contributed by atoms with Crippen molar-refractivity contribution in [2.75, 3.05) is 4.72 Å². The maximum atomic E-state index is 12.3. The molecule has 0 unspecified atom stereocenters. The summed E-state index contributed by atoms with van der Waals surface area (Å²) in [5.41, 5.74) is 1.93. The first-order valence-corrected chi connectivity index (χ1v) is 9.95. The van der Waals surface area contributed by atoms with Crippen LogP contribution in [0, 0.1) is 0 Å². The second-order valence-electron chi connectivity index (χ2n) is 5.10. The van der Waals surface area contributed by atoms with E-state index < -0.39 is 10.0 Å². The van der Waals surface area contributed by atoms with Crippen LogP contribution in [-0.4, -0.2) is 13.0 Å². The molecule has 3 rings (SSSR count). The number of anilines is 1. The molecule has 0 aliphatic carbocycles. The fourth-order valence-electron chi connectivity index (χ4n) is 2.26. The number of thiazole rings is 1. The second kappa shape index (κ2) is 6.10. The monoisotopic (exact) mass is 412 g/mol. The number of hydrogen-bond acceptors (Lipinski definition) is 4. The first-order chi connectivity index (χ1) is 10.8. The molecule has 0 saturated carbocycles. The molecular weight excluding hydrogens is 400 g/mol. The van der Waals surface area contributed by atoms with Gasteiger partial charge < -0.3 is 4.57 Å². The third kappa shape index (κ3) is 3.65. The van der Waals surface area contributed by atoms with E-state index in [4.69, 9.17) is 0 Å². The highest BCUT2D eigenvalue weighted by atomic mass is 79.9. The van der Waals surface area contributed by atoms with Gasteiger partial charge in [0.15, 0.2) is 0 Å². The Morgan fingerprint density at radius 2 is 2.00 bits per heavy atom. The summed E-state index contributed by atoms with van der Waals surface area (Å²) in [6.45, 7) is 0. The molecule has 0 atom stereocenters. The predicted molar refractivity (Wildman–Crippen MR) is 97.5 cm³/mol. The van der Waals surface area contributed by atoms with Gasteiger partial charge in [-0.1, -0.05) is 39.4 Å². The Kier molecular flexibility index (Phi) is 4.31. The number of nitrogens with zero attached hydrogens (tertiary/aromatic N) is 1. The van der Waals surface area contributed by atoms with Crippen molar-refractivity contribution in [1.29, 1.82) is 0 Å². The lowest BCUT2D eigenvalue weighted by Gasteiger charge is -2.08. The Balaban J connectivity index is 1.86. The summed E-state index contributed by atoms with van der Waals surface area (Å²) in [6, 6.07) is 12.2. The number of halogens is 1. The van der Waals surface area contributed by atoms with Crippen LogP contribution in [-0.2, 0) is 22.8 Å². The zero-order valence-electron chi connectivity index (χ0n) is 12.1. The normalized spacial score (nSPS) is 11.7. The van der Waals surface area contributed by atoms with Crippen LogP contribution in [0.25, 0.3) is 10.2 Å². The SMILES string of the molecule is Cn1c(=O)sc2cc(NS(=O)(=O)Cc3cccc(Br)c3)ccc21. The lowest BCUT2D eigenvalue weighted by Crippen LogP contribution is -2.15. The maximum absolute atomic E-state index is 12.3. The number of hydrogen-bond donors (Lipinski definition) is 1. The van der Waals surface area contributed by atoms with Crippen LogP contribution in [0.5, 0.6) is 0 Å². The number of benzene rings is 2. The van der Waals surface area contributed by atoms with E-state index in [9.17, 15) is 13.2 Å². The van der Waals surface area contributed by atoms with Crippen molar-refractivity contribution >= 4 is 53.2 Å². The van der Waals surface area contributed by atoms with Crippen LogP contribution >= 0.6 is 27.3 Å². The van der Waals surface area contributed by atoms with Crippen LogP contribution in [0.15, 0.2) is 51.7 Å². The molecule has 0 spiro atoms. The van der Waals surface area contributed by atoms with E-state index in [0.29, 0.717) is 11.3 Å². The molecule has 0 fully saturated rings. The Morgan fingerprint density at radius 3 is 2.74 bits per heavy atom. The van der Waals surface area contributed by atoms with Crippen molar-refractivity contribution in [3.05, 3.63) is 62.2 Å². The Hall–Kier alpha value is -1.64. The van der Waals surface area contributed by atoms with E-state index in [1.54, 1.807) is 48.0 Å². The van der Waals surface area contributed by atoms with E-state index in [0.717, 1.165) is 26.0 Å². The van der Waals surface area contributed by atoms with Crippen molar-refractivity contribution in [1.82, 2.24) is 4.57 Å². The van der Waals surface area contributed by atoms with Gasteiger partial charge in [-0.15, -0.1) is 0 Å². The third-order valence-corrected chi connectivity index (χ3v) is 6.06. The molecule has 0 saturated heterocycles. The zero-order valence-corrected chi connectivity index (χ0v) is 15.3. The van der Waals surface area contributed by atoms with E-state index in [1.807, 2.05) is 6.07 Å². The predicted octanol–water partition coefficient (Wildman–Crippen LogP) is 3.30. The Labute approximate surface area is 145 Å². The molecule has 0 bridgehead atoms. The molecule has 1 aromatic heterocycles. The number of aromatic nitrogens is 1. The summed E-state index contributed by atoms with van der Waals surface area (Å²) in [5.74, 6) is -0.116. The summed E-state index contributed by atoms with van der Waals surface area (Å²) < 4.78 is 30.3. The Morgan fingerprint density at radius 1 is 1.22 bits per heavy atom. The van der Waals surface area contributed by atoms with Gasteiger partial charge in [-0.25, -0.2) is 8.42 Å². The number of fused-ring (bicyclic) bond motifs is 1. The molecular formula is C15H13BrN2O3S2. The number of rotatable bonds is 4. The van der Waals surface area contributed by atoms with Crippen LogP contribution < -0.4 is 9.60 Å². The molecule has 3 aromatic rings. The molecule has 0 aliphatic rings. The first kappa shape index (κ1) is 16.2. The third-order valence-electron chi connectivity index (χ3n) is 3.31. The second-order valence-corrected chi connectivity index (χ2v) is 8.73. The molecule has 120 valence electrons.